The van der Waals surface area contributed by atoms with Crippen LogP contribution in [0.4, 0.5) is 13.2 Å². The van der Waals surface area contributed by atoms with Crippen molar-refractivity contribution >= 4 is 0 Å². The molecule has 0 aliphatic carbocycles. The molecular weight excluding hydrogens is 229 g/mol. The van der Waals surface area contributed by atoms with Gasteiger partial charge in [0.2, 0.25) is 0 Å². The third-order valence-corrected chi connectivity index (χ3v) is 2.43. The Morgan fingerprint density at radius 3 is 1.94 bits per heavy atom. The predicted octanol–water partition coefficient (Wildman–Crippen LogP) is 4.08. The second-order valence-electron chi connectivity index (χ2n) is 3.59. The molecule has 0 aliphatic heterocycles. The Morgan fingerprint density at radius 2 is 1.41 bits per heavy atom. The van der Waals surface area contributed by atoms with Gasteiger partial charge in [-0.15, -0.1) is 0 Å². The average molecular weight is 238 g/mol. The molecule has 0 saturated carbocycles. The van der Waals surface area contributed by atoms with E-state index in [-0.39, 0.29) is 5.75 Å². The van der Waals surface area contributed by atoms with Crippen molar-refractivity contribution in [3.63, 3.8) is 0 Å². The third-order valence-electron chi connectivity index (χ3n) is 2.43. The molecule has 0 amide bonds. The summed E-state index contributed by atoms with van der Waals surface area (Å²) >= 11 is 0. The van der Waals surface area contributed by atoms with Crippen LogP contribution >= 0.6 is 0 Å². The zero-order chi connectivity index (χ0) is 12.5. The number of rotatable bonds is 1. The lowest BCUT2D eigenvalue weighted by Crippen LogP contribution is -2.03. The summed E-state index contributed by atoms with van der Waals surface area (Å²) in [6.07, 6.45) is -4.34. The first-order chi connectivity index (χ1) is 7.98. The molecule has 2 aromatic rings. The minimum Gasteiger partial charge on any atom is -0.507 e. The quantitative estimate of drug-likeness (QED) is 0.793. The topological polar surface area (TPSA) is 20.2 Å². The van der Waals surface area contributed by atoms with Gasteiger partial charge in [0.1, 0.15) is 5.75 Å². The molecule has 4 heteroatoms. The number of benzene rings is 2. The second-order valence-corrected chi connectivity index (χ2v) is 3.59. The van der Waals surface area contributed by atoms with Crippen LogP contribution in [-0.2, 0) is 6.18 Å². The van der Waals surface area contributed by atoms with Gasteiger partial charge in [0.15, 0.2) is 0 Å². The van der Waals surface area contributed by atoms with E-state index >= 15 is 0 Å². The van der Waals surface area contributed by atoms with Crippen LogP contribution in [0.5, 0.6) is 5.75 Å². The van der Waals surface area contributed by atoms with Crippen LogP contribution in [0, 0.1) is 0 Å². The highest BCUT2D eigenvalue weighted by Gasteiger charge is 2.29. The standard InChI is InChI=1S/C13H9F3O/c14-13(15,16)10-7-5-9(6-8-10)11-3-1-2-4-12(11)17/h1-8,17H. The predicted molar refractivity (Wildman–Crippen MR) is 58.5 cm³/mol. The zero-order valence-electron chi connectivity index (χ0n) is 8.70. The van der Waals surface area contributed by atoms with E-state index in [0.29, 0.717) is 11.1 Å². The Kier molecular flexibility index (Phi) is 2.79. The van der Waals surface area contributed by atoms with Crippen molar-refractivity contribution in [2.75, 3.05) is 0 Å². The molecule has 0 atom stereocenters. The molecule has 1 N–H and O–H groups in total. The summed E-state index contributed by atoms with van der Waals surface area (Å²) in [6, 6.07) is 11.2. The van der Waals surface area contributed by atoms with Crippen LogP contribution in [0.1, 0.15) is 5.56 Å². The van der Waals surface area contributed by atoms with Gasteiger partial charge in [-0.3, -0.25) is 0 Å². The number of phenolic OH excluding ortho intramolecular Hbond substituents is 1. The minimum absolute atomic E-state index is 0.0484. The van der Waals surface area contributed by atoms with Gasteiger partial charge in [-0.2, -0.15) is 13.2 Å². The molecule has 17 heavy (non-hydrogen) atoms. The van der Waals surface area contributed by atoms with E-state index in [1.54, 1.807) is 18.2 Å². The minimum atomic E-state index is -4.34. The van der Waals surface area contributed by atoms with Crippen molar-refractivity contribution < 1.29 is 18.3 Å². The van der Waals surface area contributed by atoms with Gasteiger partial charge >= 0.3 is 6.18 Å². The van der Waals surface area contributed by atoms with E-state index in [9.17, 15) is 18.3 Å². The van der Waals surface area contributed by atoms with Crippen molar-refractivity contribution in [1.29, 1.82) is 0 Å². The van der Waals surface area contributed by atoms with E-state index in [4.69, 9.17) is 0 Å². The summed E-state index contributed by atoms with van der Waals surface area (Å²) in [6.45, 7) is 0. The van der Waals surface area contributed by atoms with Gasteiger partial charge in [0.05, 0.1) is 5.56 Å². The Hall–Kier alpha value is -1.97. The third kappa shape index (κ3) is 2.41. The maximum absolute atomic E-state index is 12.4. The smallest absolute Gasteiger partial charge is 0.416 e. The highest BCUT2D eigenvalue weighted by atomic mass is 19.4. The maximum atomic E-state index is 12.4. The van der Waals surface area contributed by atoms with E-state index in [0.717, 1.165) is 12.1 Å². The van der Waals surface area contributed by atoms with Crippen molar-refractivity contribution in [1.82, 2.24) is 0 Å². The molecular formula is C13H9F3O. The molecule has 2 aromatic carbocycles. The van der Waals surface area contributed by atoms with Crippen molar-refractivity contribution in [3.05, 3.63) is 54.1 Å². The Labute approximate surface area is 96.1 Å². The first-order valence-electron chi connectivity index (χ1n) is 4.94. The molecule has 2 rings (SSSR count). The van der Waals surface area contributed by atoms with Crippen LogP contribution in [0.2, 0.25) is 0 Å². The van der Waals surface area contributed by atoms with Crippen LogP contribution in [-0.4, -0.2) is 5.11 Å². The fourth-order valence-corrected chi connectivity index (χ4v) is 1.56. The van der Waals surface area contributed by atoms with E-state index < -0.39 is 11.7 Å². The lowest BCUT2D eigenvalue weighted by molar-refractivity contribution is -0.137. The summed E-state index contributed by atoms with van der Waals surface area (Å²) in [7, 11) is 0. The molecule has 0 aliphatic rings. The highest BCUT2D eigenvalue weighted by Crippen LogP contribution is 2.33. The number of hydrogen-bond acceptors (Lipinski definition) is 1. The van der Waals surface area contributed by atoms with Crippen LogP contribution in [0.25, 0.3) is 11.1 Å². The summed E-state index contributed by atoms with van der Waals surface area (Å²) < 4.78 is 37.1. The largest absolute Gasteiger partial charge is 0.507 e. The van der Waals surface area contributed by atoms with Gasteiger partial charge in [0, 0.05) is 5.56 Å². The molecule has 88 valence electrons. The monoisotopic (exact) mass is 238 g/mol. The van der Waals surface area contributed by atoms with Gasteiger partial charge in [-0.05, 0) is 23.8 Å². The molecule has 0 fully saturated rings. The molecule has 0 unspecified atom stereocenters. The van der Waals surface area contributed by atoms with Gasteiger partial charge in [0.25, 0.3) is 0 Å². The average Bonchev–Trinajstić information content (AvgIpc) is 2.29. The number of halogens is 3. The Morgan fingerprint density at radius 1 is 0.824 bits per heavy atom. The van der Waals surface area contributed by atoms with Crippen molar-refractivity contribution in [3.8, 4) is 16.9 Å². The SMILES string of the molecule is Oc1ccccc1-c1ccc(C(F)(F)F)cc1. The molecule has 0 bridgehead atoms. The van der Waals surface area contributed by atoms with Gasteiger partial charge in [-0.25, -0.2) is 0 Å². The van der Waals surface area contributed by atoms with Crippen LogP contribution in [0.3, 0.4) is 0 Å². The summed E-state index contributed by atoms with van der Waals surface area (Å²) in [4.78, 5) is 0. The fourth-order valence-electron chi connectivity index (χ4n) is 1.56. The Balaban J connectivity index is 2.40. The van der Waals surface area contributed by atoms with E-state index in [1.807, 2.05) is 0 Å². The molecule has 0 saturated heterocycles. The van der Waals surface area contributed by atoms with Crippen LogP contribution in [0.15, 0.2) is 48.5 Å². The zero-order valence-corrected chi connectivity index (χ0v) is 8.70. The Bertz CT molecular complexity index is 515. The molecule has 0 radical (unpaired) electrons. The summed E-state index contributed by atoms with van der Waals surface area (Å²) in [5, 5.41) is 9.57. The van der Waals surface area contributed by atoms with E-state index in [1.165, 1.54) is 18.2 Å². The molecule has 0 heterocycles. The lowest BCUT2D eigenvalue weighted by Gasteiger charge is -2.08. The second kappa shape index (κ2) is 4.13. The molecule has 0 aromatic heterocycles. The summed E-state index contributed by atoms with van der Waals surface area (Å²) in [5.74, 6) is 0.0484. The normalized spacial score (nSPS) is 11.5. The lowest BCUT2D eigenvalue weighted by atomic mass is 10.0. The number of phenols is 1. The first kappa shape index (κ1) is 11.5. The van der Waals surface area contributed by atoms with Crippen LogP contribution < -0.4 is 0 Å². The van der Waals surface area contributed by atoms with E-state index in [2.05, 4.69) is 0 Å². The number of hydrogen-bond donors (Lipinski definition) is 1. The summed E-state index contributed by atoms with van der Waals surface area (Å²) in [5.41, 5.74) is 0.369. The number of alkyl halides is 3. The van der Waals surface area contributed by atoms with Crippen molar-refractivity contribution in [2.45, 2.75) is 6.18 Å². The number of aromatic hydroxyl groups is 1. The molecule has 0 spiro atoms. The maximum Gasteiger partial charge on any atom is 0.416 e. The first-order valence-corrected chi connectivity index (χ1v) is 4.94. The number of para-hydroxylation sites is 1. The molecule has 1 nitrogen and oxygen atoms in total. The fraction of sp³-hybridized carbons (Fsp3) is 0.0769. The van der Waals surface area contributed by atoms with Gasteiger partial charge in [-0.1, -0.05) is 30.3 Å². The highest BCUT2D eigenvalue weighted by molar-refractivity contribution is 5.70. The van der Waals surface area contributed by atoms with Crippen molar-refractivity contribution in [2.24, 2.45) is 0 Å². The van der Waals surface area contributed by atoms with Gasteiger partial charge < -0.3 is 5.11 Å².